The maximum absolute atomic E-state index is 13.7. The fourth-order valence-corrected chi connectivity index (χ4v) is 5.58. The lowest BCUT2D eigenvalue weighted by Crippen LogP contribution is -2.54. The van der Waals surface area contributed by atoms with E-state index in [1.807, 2.05) is 55.2 Å². The molecule has 1 aromatic carbocycles. The number of aryl methyl sites for hydroxylation is 1. The SMILES string of the molecule is CCn1cc(-c2ccc3c(c2)C[C@@H](C)N(CC(F)(F)F)[C@H]3c2ccc(NC3CN(CCCF)C3)cn2)cn1. The monoisotopic (exact) mass is 530 g/mol. The van der Waals surface area contributed by atoms with Crippen LogP contribution in [-0.2, 0) is 13.0 Å². The lowest BCUT2D eigenvalue weighted by molar-refractivity contribution is -0.155. The molecule has 38 heavy (non-hydrogen) atoms. The van der Waals surface area contributed by atoms with E-state index in [0.29, 0.717) is 18.5 Å². The Morgan fingerprint density at radius 2 is 1.89 bits per heavy atom. The number of hydrogen-bond acceptors (Lipinski definition) is 5. The van der Waals surface area contributed by atoms with Crippen LogP contribution in [0.2, 0.25) is 0 Å². The predicted octanol–water partition coefficient (Wildman–Crippen LogP) is 5.32. The third-order valence-electron chi connectivity index (χ3n) is 7.51. The molecule has 10 heteroatoms. The summed E-state index contributed by atoms with van der Waals surface area (Å²) in [6.07, 6.45) is 2.26. The molecule has 2 aliphatic heterocycles. The molecule has 0 amide bonds. The van der Waals surface area contributed by atoms with Crippen LogP contribution in [0.15, 0.2) is 48.9 Å². The first-order valence-electron chi connectivity index (χ1n) is 13.2. The van der Waals surface area contributed by atoms with Crippen molar-refractivity contribution in [3.05, 3.63) is 65.7 Å². The molecule has 1 fully saturated rings. The van der Waals surface area contributed by atoms with Crippen molar-refractivity contribution in [3.63, 3.8) is 0 Å². The Morgan fingerprint density at radius 1 is 1.08 bits per heavy atom. The average molecular weight is 531 g/mol. The number of halogens is 4. The molecule has 0 radical (unpaired) electrons. The molecule has 6 nitrogen and oxygen atoms in total. The summed E-state index contributed by atoms with van der Waals surface area (Å²) in [6.45, 7) is 5.77. The van der Waals surface area contributed by atoms with Gasteiger partial charge in [-0.1, -0.05) is 18.2 Å². The van der Waals surface area contributed by atoms with E-state index in [2.05, 4.69) is 26.4 Å². The van der Waals surface area contributed by atoms with Gasteiger partial charge in [0.1, 0.15) is 0 Å². The third kappa shape index (κ3) is 5.86. The molecule has 0 aliphatic carbocycles. The van der Waals surface area contributed by atoms with Gasteiger partial charge in [0.15, 0.2) is 0 Å². The number of alkyl halides is 4. The van der Waals surface area contributed by atoms with Crippen molar-refractivity contribution in [3.8, 4) is 11.1 Å². The molecule has 1 N–H and O–H groups in total. The zero-order valence-corrected chi connectivity index (χ0v) is 21.8. The van der Waals surface area contributed by atoms with Crippen LogP contribution >= 0.6 is 0 Å². The van der Waals surface area contributed by atoms with Crippen LogP contribution in [0.25, 0.3) is 11.1 Å². The van der Waals surface area contributed by atoms with E-state index in [0.717, 1.165) is 54.1 Å². The molecule has 2 aromatic heterocycles. The molecule has 0 unspecified atom stereocenters. The maximum Gasteiger partial charge on any atom is 0.401 e. The third-order valence-corrected chi connectivity index (χ3v) is 7.51. The molecule has 1 saturated heterocycles. The predicted molar refractivity (Wildman–Crippen MR) is 140 cm³/mol. The number of benzene rings is 1. The summed E-state index contributed by atoms with van der Waals surface area (Å²) in [5.74, 6) is 0. The number of anilines is 1. The molecule has 2 aliphatic rings. The highest BCUT2D eigenvalue weighted by Crippen LogP contribution is 2.40. The van der Waals surface area contributed by atoms with E-state index in [-0.39, 0.29) is 18.8 Å². The highest BCUT2D eigenvalue weighted by Gasteiger charge is 2.41. The molecule has 2 atom stereocenters. The number of likely N-dealkylation sites (tertiary alicyclic amines) is 1. The molecule has 3 aromatic rings. The van der Waals surface area contributed by atoms with E-state index < -0.39 is 18.8 Å². The molecule has 0 saturated carbocycles. The van der Waals surface area contributed by atoms with Crippen molar-refractivity contribution in [2.75, 3.05) is 38.2 Å². The zero-order valence-electron chi connectivity index (χ0n) is 21.8. The van der Waals surface area contributed by atoms with Gasteiger partial charge in [-0.15, -0.1) is 0 Å². The number of nitrogens with zero attached hydrogens (tertiary/aromatic N) is 5. The summed E-state index contributed by atoms with van der Waals surface area (Å²) < 4.78 is 55.2. The van der Waals surface area contributed by atoms with Gasteiger partial charge in [0, 0.05) is 44.0 Å². The number of rotatable bonds is 9. The van der Waals surface area contributed by atoms with Crippen molar-refractivity contribution in [1.29, 1.82) is 0 Å². The van der Waals surface area contributed by atoms with E-state index in [4.69, 9.17) is 0 Å². The van der Waals surface area contributed by atoms with E-state index in [9.17, 15) is 17.6 Å². The summed E-state index contributed by atoms with van der Waals surface area (Å²) in [5.41, 5.74) is 5.32. The normalized spacial score (nSPS) is 20.8. The number of hydrogen-bond donors (Lipinski definition) is 1. The first-order valence-corrected chi connectivity index (χ1v) is 13.2. The van der Waals surface area contributed by atoms with Crippen LogP contribution in [0.1, 0.15) is 43.1 Å². The van der Waals surface area contributed by atoms with E-state index in [1.165, 1.54) is 4.90 Å². The smallest absolute Gasteiger partial charge is 0.378 e. The zero-order chi connectivity index (χ0) is 26.9. The van der Waals surface area contributed by atoms with Gasteiger partial charge >= 0.3 is 6.18 Å². The van der Waals surface area contributed by atoms with E-state index >= 15 is 0 Å². The van der Waals surface area contributed by atoms with Gasteiger partial charge < -0.3 is 5.32 Å². The van der Waals surface area contributed by atoms with Crippen molar-refractivity contribution in [2.24, 2.45) is 0 Å². The second-order valence-corrected chi connectivity index (χ2v) is 10.4. The van der Waals surface area contributed by atoms with Crippen molar-refractivity contribution < 1.29 is 17.6 Å². The minimum atomic E-state index is -4.32. The Labute approximate surface area is 220 Å². The van der Waals surface area contributed by atoms with Crippen LogP contribution in [-0.4, -0.2) is 75.7 Å². The first-order chi connectivity index (χ1) is 18.2. The maximum atomic E-state index is 13.7. The summed E-state index contributed by atoms with van der Waals surface area (Å²) in [6, 6.07) is 9.07. The van der Waals surface area contributed by atoms with Crippen LogP contribution in [0, 0.1) is 0 Å². The number of nitrogens with one attached hydrogen (secondary N) is 1. The van der Waals surface area contributed by atoms with Gasteiger partial charge in [0.05, 0.1) is 49.1 Å². The second kappa shape index (κ2) is 11.0. The lowest BCUT2D eigenvalue weighted by Gasteiger charge is -2.42. The van der Waals surface area contributed by atoms with Crippen LogP contribution in [0.4, 0.5) is 23.2 Å². The van der Waals surface area contributed by atoms with Crippen LogP contribution in [0.3, 0.4) is 0 Å². The summed E-state index contributed by atoms with van der Waals surface area (Å²) >= 11 is 0. The summed E-state index contributed by atoms with van der Waals surface area (Å²) in [4.78, 5) is 8.35. The summed E-state index contributed by atoms with van der Waals surface area (Å²) in [5, 5.41) is 7.78. The topological polar surface area (TPSA) is 49.2 Å². The fourth-order valence-electron chi connectivity index (χ4n) is 5.58. The largest absolute Gasteiger partial charge is 0.401 e. The van der Waals surface area contributed by atoms with Crippen molar-refractivity contribution in [1.82, 2.24) is 24.6 Å². The van der Waals surface area contributed by atoms with Crippen molar-refractivity contribution >= 4 is 5.69 Å². The van der Waals surface area contributed by atoms with Crippen LogP contribution in [0.5, 0.6) is 0 Å². The fraction of sp³-hybridized carbons (Fsp3) is 0.500. The highest BCUT2D eigenvalue weighted by atomic mass is 19.4. The molecule has 4 heterocycles. The van der Waals surface area contributed by atoms with E-state index in [1.54, 1.807) is 6.20 Å². The molecule has 204 valence electrons. The Balaban J connectivity index is 1.39. The van der Waals surface area contributed by atoms with Gasteiger partial charge in [-0.05, 0) is 55.5 Å². The number of fused-ring (bicyclic) bond motifs is 1. The number of aromatic nitrogens is 3. The quantitative estimate of drug-likeness (QED) is 0.380. The van der Waals surface area contributed by atoms with Gasteiger partial charge in [0.2, 0.25) is 0 Å². The molecular formula is C28H34F4N6. The van der Waals surface area contributed by atoms with Gasteiger partial charge in [0.25, 0.3) is 0 Å². The van der Waals surface area contributed by atoms with Gasteiger partial charge in [-0.2, -0.15) is 18.3 Å². The van der Waals surface area contributed by atoms with Crippen LogP contribution < -0.4 is 5.32 Å². The minimum Gasteiger partial charge on any atom is -0.378 e. The number of pyridine rings is 1. The Kier molecular flexibility index (Phi) is 7.72. The molecule has 0 bridgehead atoms. The Bertz CT molecular complexity index is 1220. The molecular weight excluding hydrogens is 496 g/mol. The average Bonchev–Trinajstić information content (AvgIpc) is 3.35. The summed E-state index contributed by atoms with van der Waals surface area (Å²) in [7, 11) is 0. The minimum absolute atomic E-state index is 0.259. The van der Waals surface area contributed by atoms with Gasteiger partial charge in [-0.3, -0.25) is 23.9 Å². The lowest BCUT2D eigenvalue weighted by atomic mass is 9.85. The standard InChI is InChI=1S/C28H34F4N6/c1-3-37-15-22(13-34-37)20-5-7-25-21(12-20)11-19(2)38(18-28(30,31)32)27(25)26-8-6-23(14-33-26)35-24-16-36(17-24)10-4-9-29/h5-8,12-15,19,24,27,35H,3-4,9-11,16-18H2,1-2H3/t19-,27-/m1/s1. The second-order valence-electron chi connectivity index (χ2n) is 10.4. The Morgan fingerprint density at radius 3 is 2.55 bits per heavy atom. The first kappa shape index (κ1) is 26.6. The Hall–Kier alpha value is -2.98. The van der Waals surface area contributed by atoms with Gasteiger partial charge in [-0.25, -0.2) is 0 Å². The van der Waals surface area contributed by atoms with Crippen molar-refractivity contribution in [2.45, 2.75) is 57.5 Å². The molecule has 0 spiro atoms. The molecule has 5 rings (SSSR count). The highest BCUT2D eigenvalue weighted by molar-refractivity contribution is 5.64.